The summed E-state index contributed by atoms with van der Waals surface area (Å²) in [6.07, 6.45) is 1.92. The Morgan fingerprint density at radius 2 is 1.95 bits per heavy atom. The molecule has 1 atom stereocenters. The van der Waals surface area contributed by atoms with Gasteiger partial charge in [0.05, 0.1) is 5.69 Å². The van der Waals surface area contributed by atoms with E-state index in [4.69, 9.17) is 5.73 Å². The van der Waals surface area contributed by atoms with Crippen LogP contribution >= 0.6 is 0 Å². The van der Waals surface area contributed by atoms with Crippen molar-refractivity contribution in [3.05, 3.63) is 42.5 Å². The molecule has 2 aromatic rings. The van der Waals surface area contributed by atoms with Gasteiger partial charge in [0.15, 0.2) is 0 Å². The SMILES string of the molecule is CC(C)CC(NC(=O)c1ncn(-c2ccccc2)n1)C(N)=O. The third-order valence-corrected chi connectivity index (χ3v) is 3.07. The second kappa shape index (κ2) is 6.84. The number of aromatic nitrogens is 3. The largest absolute Gasteiger partial charge is 0.368 e. The van der Waals surface area contributed by atoms with Crippen LogP contribution in [0.3, 0.4) is 0 Å². The van der Waals surface area contributed by atoms with Crippen LogP contribution in [0.4, 0.5) is 0 Å². The molecule has 0 aliphatic carbocycles. The van der Waals surface area contributed by atoms with E-state index in [0.29, 0.717) is 6.42 Å². The molecule has 0 aliphatic heterocycles. The van der Waals surface area contributed by atoms with E-state index in [1.807, 2.05) is 44.2 Å². The molecule has 1 aromatic carbocycles. The predicted octanol–water partition coefficient (Wildman–Crippen LogP) is 0.897. The minimum atomic E-state index is -0.726. The zero-order valence-corrected chi connectivity index (χ0v) is 12.6. The first kappa shape index (κ1) is 15.7. The lowest BCUT2D eigenvalue weighted by atomic mass is 10.0. The van der Waals surface area contributed by atoms with Crippen LogP contribution in [0.5, 0.6) is 0 Å². The van der Waals surface area contributed by atoms with E-state index in [1.54, 1.807) is 0 Å². The highest BCUT2D eigenvalue weighted by Crippen LogP contribution is 2.07. The summed E-state index contributed by atoms with van der Waals surface area (Å²) >= 11 is 0. The molecular weight excluding hydrogens is 282 g/mol. The Balaban J connectivity index is 2.10. The van der Waals surface area contributed by atoms with Gasteiger partial charge in [-0.1, -0.05) is 32.0 Å². The van der Waals surface area contributed by atoms with Gasteiger partial charge in [0, 0.05) is 0 Å². The zero-order chi connectivity index (χ0) is 16.1. The number of nitrogens with two attached hydrogens (primary N) is 1. The smallest absolute Gasteiger partial charge is 0.291 e. The van der Waals surface area contributed by atoms with E-state index in [-0.39, 0.29) is 11.7 Å². The van der Waals surface area contributed by atoms with Gasteiger partial charge >= 0.3 is 0 Å². The van der Waals surface area contributed by atoms with Crippen molar-refractivity contribution in [2.45, 2.75) is 26.3 Å². The molecule has 1 unspecified atom stereocenters. The average Bonchev–Trinajstić information content (AvgIpc) is 2.96. The first-order valence-electron chi connectivity index (χ1n) is 7.04. The number of hydrogen-bond donors (Lipinski definition) is 2. The van der Waals surface area contributed by atoms with Gasteiger partial charge in [-0.3, -0.25) is 9.59 Å². The van der Waals surface area contributed by atoms with E-state index in [0.717, 1.165) is 5.69 Å². The van der Waals surface area contributed by atoms with E-state index >= 15 is 0 Å². The van der Waals surface area contributed by atoms with Gasteiger partial charge in [-0.2, -0.15) is 0 Å². The Hall–Kier alpha value is -2.70. The van der Waals surface area contributed by atoms with Crippen molar-refractivity contribution in [2.75, 3.05) is 0 Å². The Bertz CT molecular complexity index is 651. The highest BCUT2D eigenvalue weighted by atomic mass is 16.2. The molecular formula is C15H19N5O2. The van der Waals surface area contributed by atoms with Crippen molar-refractivity contribution in [3.63, 3.8) is 0 Å². The number of rotatable bonds is 6. The van der Waals surface area contributed by atoms with Crippen LogP contribution < -0.4 is 11.1 Å². The number of carbonyl (C=O) groups is 2. The molecule has 22 heavy (non-hydrogen) atoms. The van der Waals surface area contributed by atoms with E-state index in [2.05, 4.69) is 15.4 Å². The fraction of sp³-hybridized carbons (Fsp3) is 0.333. The molecule has 1 aromatic heterocycles. The minimum absolute atomic E-state index is 0.00106. The number of nitrogens with one attached hydrogen (secondary N) is 1. The van der Waals surface area contributed by atoms with Gasteiger partial charge < -0.3 is 11.1 Å². The number of amides is 2. The highest BCUT2D eigenvalue weighted by molar-refractivity contribution is 5.94. The lowest BCUT2D eigenvalue weighted by Gasteiger charge is -2.16. The first-order valence-corrected chi connectivity index (χ1v) is 7.04. The second-order valence-corrected chi connectivity index (χ2v) is 5.41. The first-order chi connectivity index (χ1) is 10.5. The molecule has 0 saturated carbocycles. The minimum Gasteiger partial charge on any atom is -0.368 e. The summed E-state index contributed by atoms with van der Waals surface area (Å²) in [7, 11) is 0. The van der Waals surface area contributed by atoms with Gasteiger partial charge in [0.2, 0.25) is 11.7 Å². The van der Waals surface area contributed by atoms with Crippen molar-refractivity contribution >= 4 is 11.8 Å². The molecule has 3 N–H and O–H groups in total. The summed E-state index contributed by atoms with van der Waals surface area (Å²) in [5.41, 5.74) is 6.10. The maximum Gasteiger partial charge on any atom is 0.291 e. The maximum atomic E-state index is 12.1. The van der Waals surface area contributed by atoms with E-state index < -0.39 is 17.9 Å². The van der Waals surface area contributed by atoms with Gasteiger partial charge in [-0.15, -0.1) is 5.10 Å². The van der Waals surface area contributed by atoms with Crippen molar-refractivity contribution in [2.24, 2.45) is 11.7 Å². The normalized spacial score (nSPS) is 12.1. The Morgan fingerprint density at radius 1 is 1.27 bits per heavy atom. The van der Waals surface area contributed by atoms with Crippen molar-refractivity contribution in [3.8, 4) is 5.69 Å². The predicted molar refractivity (Wildman–Crippen MR) is 81.3 cm³/mol. The molecule has 7 nitrogen and oxygen atoms in total. The quantitative estimate of drug-likeness (QED) is 0.827. The molecule has 0 saturated heterocycles. The lowest BCUT2D eigenvalue weighted by molar-refractivity contribution is -0.120. The van der Waals surface area contributed by atoms with Gasteiger partial charge in [0.1, 0.15) is 12.4 Å². The molecule has 0 fully saturated rings. The number of carbonyl (C=O) groups excluding carboxylic acids is 2. The molecule has 0 aliphatic rings. The summed E-state index contributed by atoms with van der Waals surface area (Å²) in [6, 6.07) is 8.58. The topological polar surface area (TPSA) is 103 Å². The highest BCUT2D eigenvalue weighted by Gasteiger charge is 2.22. The lowest BCUT2D eigenvalue weighted by Crippen LogP contribution is -2.45. The maximum absolute atomic E-state index is 12.1. The van der Waals surface area contributed by atoms with Crippen LogP contribution in [0.25, 0.3) is 5.69 Å². The van der Waals surface area contributed by atoms with Crippen LogP contribution in [0, 0.1) is 5.92 Å². The van der Waals surface area contributed by atoms with Crippen molar-refractivity contribution < 1.29 is 9.59 Å². The number of para-hydroxylation sites is 1. The zero-order valence-electron chi connectivity index (χ0n) is 12.6. The van der Waals surface area contributed by atoms with E-state index in [1.165, 1.54) is 11.0 Å². The van der Waals surface area contributed by atoms with Crippen molar-refractivity contribution in [1.82, 2.24) is 20.1 Å². The van der Waals surface area contributed by atoms with Gasteiger partial charge in [-0.05, 0) is 24.5 Å². The van der Waals surface area contributed by atoms with E-state index in [9.17, 15) is 9.59 Å². The fourth-order valence-corrected chi connectivity index (χ4v) is 2.01. The number of primary amides is 1. The molecule has 0 spiro atoms. The summed E-state index contributed by atoms with van der Waals surface area (Å²) in [5, 5.41) is 6.69. The Labute approximate surface area is 128 Å². The molecule has 2 amide bonds. The summed E-state index contributed by atoms with van der Waals surface area (Å²) < 4.78 is 1.50. The van der Waals surface area contributed by atoms with Crippen molar-refractivity contribution in [1.29, 1.82) is 0 Å². The van der Waals surface area contributed by atoms with Crippen LogP contribution in [0.15, 0.2) is 36.7 Å². The average molecular weight is 301 g/mol. The third kappa shape index (κ3) is 3.91. The summed E-state index contributed by atoms with van der Waals surface area (Å²) in [5.74, 6) is -0.852. The Kier molecular flexibility index (Phi) is 4.88. The molecule has 1 heterocycles. The second-order valence-electron chi connectivity index (χ2n) is 5.41. The van der Waals surface area contributed by atoms with Crippen LogP contribution in [-0.2, 0) is 4.79 Å². The van der Waals surface area contributed by atoms with Gasteiger partial charge in [0.25, 0.3) is 5.91 Å². The summed E-state index contributed by atoms with van der Waals surface area (Å²) in [4.78, 5) is 27.5. The fourth-order valence-electron chi connectivity index (χ4n) is 2.01. The molecule has 116 valence electrons. The molecule has 7 heteroatoms. The standard InChI is InChI=1S/C15H19N5O2/c1-10(2)8-12(13(16)21)18-15(22)14-17-9-20(19-14)11-6-4-3-5-7-11/h3-7,9-10,12H,8H2,1-2H3,(H2,16,21)(H,18,22). The monoisotopic (exact) mass is 301 g/mol. The number of hydrogen-bond acceptors (Lipinski definition) is 4. The van der Waals surface area contributed by atoms with Gasteiger partial charge in [-0.25, -0.2) is 9.67 Å². The number of nitrogens with zero attached hydrogens (tertiary/aromatic N) is 3. The molecule has 0 radical (unpaired) electrons. The number of benzene rings is 1. The van der Waals surface area contributed by atoms with Crippen LogP contribution in [0.1, 0.15) is 30.9 Å². The molecule has 0 bridgehead atoms. The van der Waals surface area contributed by atoms with Crippen LogP contribution in [0.2, 0.25) is 0 Å². The Morgan fingerprint density at radius 3 is 2.55 bits per heavy atom. The third-order valence-electron chi connectivity index (χ3n) is 3.07. The molecule has 2 rings (SSSR count). The van der Waals surface area contributed by atoms with Crippen LogP contribution in [-0.4, -0.2) is 32.6 Å². The summed E-state index contributed by atoms with van der Waals surface area (Å²) in [6.45, 7) is 3.90.